The van der Waals surface area contributed by atoms with Crippen LogP contribution in [0.25, 0.3) is 0 Å². The second-order valence-electron chi connectivity index (χ2n) is 6.46. The highest BCUT2D eigenvalue weighted by molar-refractivity contribution is 5.37. The lowest BCUT2D eigenvalue weighted by Gasteiger charge is -2.34. The van der Waals surface area contributed by atoms with Gasteiger partial charge in [0.1, 0.15) is 0 Å². The minimum atomic E-state index is -5.10. The average Bonchev–Trinajstić information content (AvgIpc) is 2.54. The van der Waals surface area contributed by atoms with Crippen LogP contribution < -0.4 is 0 Å². The maximum absolute atomic E-state index is 13.8. The van der Waals surface area contributed by atoms with Gasteiger partial charge in [-0.25, -0.2) is 0 Å². The number of alkyl halides is 10. The molecule has 0 heterocycles. The van der Waals surface area contributed by atoms with E-state index < -0.39 is 65.1 Å². The predicted octanol–water partition coefficient (Wildman–Crippen LogP) is 6.65. The van der Waals surface area contributed by atoms with Crippen molar-refractivity contribution in [3.05, 3.63) is 46.8 Å². The van der Waals surface area contributed by atoms with E-state index in [0.29, 0.717) is 25.2 Å². The lowest BCUT2D eigenvalue weighted by atomic mass is 9.88. The largest absolute Gasteiger partial charge is 0.430 e. The molecule has 2 rings (SSSR count). The van der Waals surface area contributed by atoms with Gasteiger partial charge in [0, 0.05) is 16.7 Å². The van der Waals surface area contributed by atoms with Crippen LogP contribution in [0.2, 0.25) is 0 Å². The van der Waals surface area contributed by atoms with Gasteiger partial charge in [0.2, 0.25) is 0 Å². The molecule has 11 heteroatoms. The van der Waals surface area contributed by atoms with Crippen molar-refractivity contribution in [2.24, 2.45) is 0 Å². The molecule has 0 saturated carbocycles. The SMILES string of the molecule is CC1=CC=C(CCC(F)(F)OC2=CC=C(C)C(F)(F)C2(F)F)C(F)(F)C1(F)F. The van der Waals surface area contributed by atoms with E-state index in [0.717, 1.165) is 6.92 Å². The van der Waals surface area contributed by atoms with E-state index in [9.17, 15) is 43.9 Å². The van der Waals surface area contributed by atoms with Crippen molar-refractivity contribution in [1.82, 2.24) is 0 Å². The number of halogens is 10. The van der Waals surface area contributed by atoms with Gasteiger partial charge in [-0.2, -0.15) is 43.9 Å². The summed E-state index contributed by atoms with van der Waals surface area (Å²) in [5, 5.41) is 0. The second kappa shape index (κ2) is 6.55. The van der Waals surface area contributed by atoms with Crippen LogP contribution in [0.5, 0.6) is 0 Å². The molecule has 0 amide bonds. The molecular weight excluding hydrogens is 410 g/mol. The molecule has 0 spiro atoms. The molecule has 0 unspecified atom stereocenters. The third-order valence-corrected chi connectivity index (χ3v) is 4.46. The Morgan fingerprint density at radius 2 is 1.18 bits per heavy atom. The molecule has 0 saturated heterocycles. The van der Waals surface area contributed by atoms with E-state index in [1.54, 1.807) is 0 Å². The molecule has 1 nitrogen and oxygen atoms in total. The Balaban J connectivity index is 2.18. The summed E-state index contributed by atoms with van der Waals surface area (Å²) in [6.07, 6.45) is -5.82. The molecule has 0 N–H and O–H groups in total. The first-order valence-corrected chi connectivity index (χ1v) is 7.83. The Morgan fingerprint density at radius 3 is 1.71 bits per heavy atom. The minimum Gasteiger partial charge on any atom is -0.430 e. The summed E-state index contributed by atoms with van der Waals surface area (Å²) >= 11 is 0. The van der Waals surface area contributed by atoms with Gasteiger partial charge in [-0.15, -0.1) is 0 Å². The van der Waals surface area contributed by atoms with Gasteiger partial charge in [0.05, 0.1) is 6.42 Å². The molecule has 0 bridgehead atoms. The van der Waals surface area contributed by atoms with Crippen LogP contribution in [0.1, 0.15) is 26.7 Å². The monoisotopic (exact) mass is 424 g/mol. The summed E-state index contributed by atoms with van der Waals surface area (Å²) in [6.45, 7) is 1.39. The zero-order chi connectivity index (χ0) is 21.8. The summed E-state index contributed by atoms with van der Waals surface area (Å²) in [4.78, 5) is 0. The van der Waals surface area contributed by atoms with Crippen molar-refractivity contribution < 1.29 is 48.6 Å². The van der Waals surface area contributed by atoms with Gasteiger partial charge in [-0.1, -0.05) is 18.2 Å². The molecule has 0 radical (unpaired) electrons. The number of allylic oxidation sites excluding steroid dienone is 8. The maximum atomic E-state index is 13.8. The number of rotatable bonds is 5. The molecule has 0 aromatic rings. The lowest BCUT2D eigenvalue weighted by molar-refractivity contribution is -0.263. The standard InChI is InChI=1S/C17H14F10O/c1-9-3-5-11(16(24,25)14(9,20)21)7-8-13(18,19)28-12-6-4-10(2)15(22,23)17(12,26)27/h3-6H,7-8H2,1-2H3. The molecule has 0 aliphatic heterocycles. The molecule has 158 valence electrons. The first kappa shape index (κ1) is 22.4. The van der Waals surface area contributed by atoms with Crippen LogP contribution in [0.4, 0.5) is 43.9 Å². The second-order valence-corrected chi connectivity index (χ2v) is 6.46. The van der Waals surface area contributed by atoms with Crippen LogP contribution in [0.3, 0.4) is 0 Å². The highest BCUT2D eigenvalue weighted by Gasteiger charge is 2.64. The van der Waals surface area contributed by atoms with Gasteiger partial charge < -0.3 is 4.74 Å². The van der Waals surface area contributed by atoms with Gasteiger partial charge in [-0.05, 0) is 26.3 Å². The van der Waals surface area contributed by atoms with E-state index in [-0.39, 0.29) is 6.08 Å². The Kier molecular flexibility index (Phi) is 5.23. The normalized spacial score (nSPS) is 25.3. The molecule has 0 aromatic heterocycles. The van der Waals surface area contributed by atoms with Crippen molar-refractivity contribution in [3.63, 3.8) is 0 Å². The fourth-order valence-electron chi connectivity index (χ4n) is 2.53. The summed E-state index contributed by atoms with van der Waals surface area (Å²) in [5.74, 6) is -21.3. The highest BCUT2D eigenvalue weighted by atomic mass is 19.3. The average molecular weight is 424 g/mol. The Bertz CT molecular complexity index is 771. The Hall–Kier alpha value is -1.94. The van der Waals surface area contributed by atoms with E-state index in [4.69, 9.17) is 0 Å². The van der Waals surface area contributed by atoms with Crippen LogP contribution in [0.15, 0.2) is 46.8 Å². The fraction of sp³-hybridized carbons (Fsp3) is 0.529. The van der Waals surface area contributed by atoms with Crippen molar-refractivity contribution in [1.29, 1.82) is 0 Å². The van der Waals surface area contributed by atoms with Crippen molar-refractivity contribution >= 4 is 0 Å². The molecule has 28 heavy (non-hydrogen) atoms. The Morgan fingerprint density at radius 1 is 0.714 bits per heavy atom. The fourth-order valence-corrected chi connectivity index (χ4v) is 2.53. The van der Waals surface area contributed by atoms with Crippen LogP contribution in [0, 0.1) is 0 Å². The number of ether oxygens (including phenoxy) is 1. The maximum Gasteiger partial charge on any atom is 0.398 e. The van der Waals surface area contributed by atoms with Crippen molar-refractivity contribution in [3.8, 4) is 0 Å². The van der Waals surface area contributed by atoms with Crippen LogP contribution in [-0.2, 0) is 4.74 Å². The zero-order valence-corrected chi connectivity index (χ0v) is 14.4. The van der Waals surface area contributed by atoms with E-state index in [1.807, 2.05) is 0 Å². The molecule has 2 aliphatic carbocycles. The first-order chi connectivity index (χ1) is 12.5. The third kappa shape index (κ3) is 3.43. The van der Waals surface area contributed by atoms with Crippen molar-refractivity contribution in [2.45, 2.75) is 56.5 Å². The smallest absolute Gasteiger partial charge is 0.398 e. The summed E-state index contributed by atoms with van der Waals surface area (Å²) in [5.41, 5.74) is -3.44. The summed E-state index contributed by atoms with van der Waals surface area (Å²) < 4.78 is 141. The minimum absolute atomic E-state index is 0.218. The quantitative estimate of drug-likeness (QED) is 0.449. The lowest BCUT2D eigenvalue weighted by Crippen LogP contribution is -2.47. The van der Waals surface area contributed by atoms with Gasteiger partial charge in [-0.3, -0.25) is 0 Å². The number of hydrogen-bond acceptors (Lipinski definition) is 1. The Labute approximate surface area is 153 Å². The topological polar surface area (TPSA) is 9.23 Å². The molecular formula is C17H14F10O. The van der Waals surface area contributed by atoms with Gasteiger partial charge >= 0.3 is 29.8 Å². The van der Waals surface area contributed by atoms with Gasteiger partial charge in [0.25, 0.3) is 0 Å². The molecule has 0 aromatic carbocycles. The number of hydrogen-bond donors (Lipinski definition) is 0. The van der Waals surface area contributed by atoms with E-state index in [1.165, 1.54) is 0 Å². The zero-order valence-electron chi connectivity index (χ0n) is 14.4. The van der Waals surface area contributed by atoms with Crippen LogP contribution >= 0.6 is 0 Å². The third-order valence-electron chi connectivity index (χ3n) is 4.46. The summed E-state index contributed by atoms with van der Waals surface area (Å²) in [6, 6.07) is 0. The molecule has 0 fully saturated rings. The first-order valence-electron chi connectivity index (χ1n) is 7.83. The van der Waals surface area contributed by atoms with E-state index in [2.05, 4.69) is 4.74 Å². The summed E-state index contributed by atoms with van der Waals surface area (Å²) in [7, 11) is 0. The predicted molar refractivity (Wildman–Crippen MR) is 78.7 cm³/mol. The van der Waals surface area contributed by atoms with Crippen LogP contribution in [-0.4, -0.2) is 29.8 Å². The van der Waals surface area contributed by atoms with Crippen molar-refractivity contribution in [2.75, 3.05) is 0 Å². The van der Waals surface area contributed by atoms with Gasteiger partial charge in [0.15, 0.2) is 5.76 Å². The molecule has 0 atom stereocenters. The van der Waals surface area contributed by atoms with E-state index >= 15 is 0 Å². The highest BCUT2D eigenvalue weighted by Crippen LogP contribution is 2.51. The molecule has 2 aliphatic rings.